The molecule has 0 amide bonds. The molecule has 2 aliphatic rings. The average molecular weight is 1100 g/mol. The second-order valence-electron chi connectivity index (χ2n) is 24.2. The lowest BCUT2D eigenvalue weighted by Gasteiger charge is -2.36. The van der Waals surface area contributed by atoms with Crippen molar-refractivity contribution >= 4 is 66.4 Å². The van der Waals surface area contributed by atoms with Crippen LogP contribution in [0.5, 0.6) is 0 Å². The van der Waals surface area contributed by atoms with E-state index in [9.17, 15) is 0 Å². The third-order valence-electron chi connectivity index (χ3n) is 19.5. The molecule has 0 atom stereocenters. The Bertz CT molecular complexity index is 4580. The van der Waals surface area contributed by atoms with Crippen molar-refractivity contribution in [3.63, 3.8) is 0 Å². The van der Waals surface area contributed by atoms with Crippen LogP contribution in [0, 0.1) is 41.5 Å². The summed E-state index contributed by atoms with van der Waals surface area (Å²) in [5.41, 5.74) is 28.9. The van der Waals surface area contributed by atoms with Crippen molar-refractivity contribution in [2.24, 2.45) is 0 Å². The van der Waals surface area contributed by atoms with E-state index in [0.717, 1.165) is 22.7 Å². The first kappa shape index (κ1) is 51.4. The van der Waals surface area contributed by atoms with Gasteiger partial charge in [0.15, 0.2) is 0 Å². The molecule has 410 valence electrons. The Balaban J connectivity index is 0.894. The summed E-state index contributed by atoms with van der Waals surface area (Å²) in [5.74, 6) is 0. The molecule has 16 rings (SSSR count). The number of hydrogen-bond donors (Lipinski definition) is 0. The van der Waals surface area contributed by atoms with Crippen LogP contribution in [0.3, 0.4) is 0 Å². The van der Waals surface area contributed by atoms with Crippen LogP contribution >= 0.6 is 0 Å². The summed E-state index contributed by atoms with van der Waals surface area (Å²) >= 11 is 0. The number of rotatable bonds is 10. The minimum atomic E-state index is -0.505. The van der Waals surface area contributed by atoms with Crippen LogP contribution in [0.15, 0.2) is 279 Å². The van der Waals surface area contributed by atoms with E-state index in [1.54, 1.807) is 0 Å². The fourth-order valence-electron chi connectivity index (χ4n) is 16.0. The monoisotopic (exact) mass is 1100 g/mol. The Morgan fingerprint density at radius 2 is 0.558 bits per heavy atom. The van der Waals surface area contributed by atoms with Crippen molar-refractivity contribution < 1.29 is 0 Å². The van der Waals surface area contributed by atoms with Crippen molar-refractivity contribution in [3.8, 4) is 22.3 Å². The van der Waals surface area contributed by atoms with Gasteiger partial charge in [-0.1, -0.05) is 243 Å². The molecule has 0 unspecified atom stereocenters. The molecule has 0 fully saturated rings. The van der Waals surface area contributed by atoms with E-state index in [1.807, 2.05) is 0 Å². The highest BCUT2D eigenvalue weighted by atomic mass is 15.2. The lowest BCUT2D eigenvalue weighted by molar-refractivity contribution is 0.761. The molecule has 0 N–H and O–H groups in total. The smallest absolute Gasteiger partial charge is 0.0716 e. The summed E-state index contributed by atoms with van der Waals surface area (Å²) < 4.78 is 0. The Labute approximate surface area is 504 Å². The second-order valence-corrected chi connectivity index (χ2v) is 24.2. The molecule has 0 radical (unpaired) electrons. The summed E-state index contributed by atoms with van der Waals surface area (Å²) in [6.45, 7) is 13.7. The van der Waals surface area contributed by atoms with Crippen molar-refractivity contribution in [1.82, 2.24) is 0 Å². The molecule has 0 aliphatic heterocycles. The summed E-state index contributed by atoms with van der Waals surface area (Å²) in [6.07, 6.45) is 0. The topological polar surface area (TPSA) is 6.48 Å². The highest BCUT2D eigenvalue weighted by molar-refractivity contribution is 6.28. The van der Waals surface area contributed by atoms with Gasteiger partial charge in [0.05, 0.1) is 33.6 Å². The van der Waals surface area contributed by atoms with E-state index in [4.69, 9.17) is 0 Å². The van der Waals surface area contributed by atoms with Gasteiger partial charge in [-0.15, -0.1) is 0 Å². The van der Waals surface area contributed by atoms with Gasteiger partial charge in [-0.3, -0.25) is 0 Å². The Morgan fingerprint density at radius 3 is 0.895 bits per heavy atom. The van der Waals surface area contributed by atoms with Gasteiger partial charge in [-0.05, 0) is 200 Å². The predicted molar refractivity (Wildman–Crippen MR) is 363 cm³/mol. The Hall–Kier alpha value is -10.3. The van der Waals surface area contributed by atoms with Gasteiger partial charge in [0.1, 0.15) is 0 Å². The molecular formula is C84H64N2. The number of fused-ring (bicyclic) bond motifs is 6. The Morgan fingerprint density at radius 1 is 0.244 bits per heavy atom. The first-order chi connectivity index (χ1) is 42.2. The summed E-state index contributed by atoms with van der Waals surface area (Å²) in [6, 6.07) is 105. The third-order valence-corrected chi connectivity index (χ3v) is 19.5. The number of aryl methyl sites for hydroxylation is 6. The zero-order valence-electron chi connectivity index (χ0n) is 49.5. The van der Waals surface area contributed by atoms with Crippen molar-refractivity contribution in [1.29, 1.82) is 0 Å². The molecule has 0 aromatic heterocycles. The maximum Gasteiger partial charge on any atom is 0.0716 e. The maximum absolute atomic E-state index is 2.55. The van der Waals surface area contributed by atoms with E-state index < -0.39 is 10.8 Å². The van der Waals surface area contributed by atoms with Crippen molar-refractivity contribution in [3.05, 3.63) is 357 Å². The zero-order chi connectivity index (χ0) is 58.0. The standard InChI is InChI=1S/C84H64N2/c1-53-23-21-24-54(2)81(53)85(63-43-47-71(57(5)51-63)83(61-27-9-7-10-28-61)73-35-17-13-31-65(73)66-32-14-18-36-74(66)83)77-49-41-59-40-46-70-78(50-42-60-39-45-69(77)79(59)80(60)70)86(82-55(3)25-22-26-56(82)4)64-44-48-72(58(6)52-64)84(62-29-11-8-12-30-62)75-37-19-15-33-67(75)68-34-16-20-38-76(68)84/h7-52H,1-6H3. The van der Waals surface area contributed by atoms with Gasteiger partial charge in [0, 0.05) is 22.1 Å². The minimum Gasteiger partial charge on any atom is -0.309 e. The van der Waals surface area contributed by atoms with Gasteiger partial charge in [0.25, 0.3) is 0 Å². The van der Waals surface area contributed by atoms with E-state index >= 15 is 0 Å². The third kappa shape index (κ3) is 7.26. The largest absolute Gasteiger partial charge is 0.309 e. The first-order valence-corrected chi connectivity index (χ1v) is 30.3. The molecule has 0 spiro atoms. The molecule has 0 bridgehead atoms. The normalized spacial score (nSPS) is 13.4. The number of para-hydroxylation sites is 2. The summed E-state index contributed by atoms with van der Waals surface area (Å²) in [5, 5.41) is 7.40. The van der Waals surface area contributed by atoms with Gasteiger partial charge < -0.3 is 9.80 Å². The number of nitrogens with zero attached hydrogens (tertiary/aromatic N) is 2. The second kappa shape index (κ2) is 19.7. The average Bonchev–Trinajstić information content (AvgIpc) is 1.56. The first-order valence-electron chi connectivity index (χ1n) is 30.3. The van der Waals surface area contributed by atoms with E-state index in [1.165, 1.54) is 144 Å². The van der Waals surface area contributed by atoms with Crippen molar-refractivity contribution in [2.45, 2.75) is 52.4 Å². The number of hydrogen-bond acceptors (Lipinski definition) is 2. The molecule has 0 heterocycles. The SMILES string of the molecule is Cc1cc(N(c2c(C)cccc2C)c2ccc3ccc4c(N(c5ccc(C6(c7ccccc7)c7ccccc7-c7ccccc76)c(C)c5)c5c(C)cccc5C)ccc5ccc2c3c54)ccc1C1(c2ccccc2)c2ccccc2-c2ccccc21. The molecule has 86 heavy (non-hydrogen) atoms. The van der Waals surface area contributed by atoms with Crippen LogP contribution in [0.4, 0.5) is 34.1 Å². The van der Waals surface area contributed by atoms with Crippen molar-refractivity contribution in [2.75, 3.05) is 9.80 Å². The van der Waals surface area contributed by atoms with E-state index in [-0.39, 0.29) is 0 Å². The number of anilines is 6. The highest BCUT2D eigenvalue weighted by Crippen LogP contribution is 2.60. The molecule has 14 aromatic carbocycles. The van der Waals surface area contributed by atoms with E-state index in [0.29, 0.717) is 0 Å². The van der Waals surface area contributed by atoms with Crippen LogP contribution in [0.1, 0.15) is 77.9 Å². The van der Waals surface area contributed by atoms with Crippen LogP contribution in [-0.4, -0.2) is 0 Å². The van der Waals surface area contributed by atoms with Crippen LogP contribution in [0.25, 0.3) is 54.6 Å². The Kier molecular flexibility index (Phi) is 11.7. The number of benzene rings is 14. The van der Waals surface area contributed by atoms with Crippen LogP contribution < -0.4 is 9.80 Å². The summed E-state index contributed by atoms with van der Waals surface area (Å²) in [7, 11) is 0. The molecule has 2 heteroatoms. The summed E-state index contributed by atoms with van der Waals surface area (Å²) in [4.78, 5) is 5.10. The van der Waals surface area contributed by atoms with Gasteiger partial charge in [-0.2, -0.15) is 0 Å². The fourth-order valence-corrected chi connectivity index (χ4v) is 16.0. The molecule has 0 saturated heterocycles. The zero-order valence-corrected chi connectivity index (χ0v) is 49.5. The van der Waals surface area contributed by atoms with Crippen LogP contribution in [-0.2, 0) is 10.8 Å². The van der Waals surface area contributed by atoms with Gasteiger partial charge >= 0.3 is 0 Å². The fraction of sp³-hybridized carbons (Fsp3) is 0.0952. The predicted octanol–water partition coefficient (Wildman–Crippen LogP) is 22.1. The quantitative estimate of drug-likeness (QED) is 0.126. The van der Waals surface area contributed by atoms with Crippen LogP contribution in [0.2, 0.25) is 0 Å². The van der Waals surface area contributed by atoms with Gasteiger partial charge in [0.2, 0.25) is 0 Å². The lowest BCUT2D eigenvalue weighted by Crippen LogP contribution is -2.29. The highest BCUT2D eigenvalue weighted by Gasteiger charge is 2.48. The maximum atomic E-state index is 2.55. The lowest BCUT2D eigenvalue weighted by atomic mass is 9.66. The minimum absolute atomic E-state index is 0.505. The molecule has 2 aliphatic carbocycles. The molecule has 0 saturated carbocycles. The molecule has 2 nitrogen and oxygen atoms in total. The van der Waals surface area contributed by atoms with E-state index in [2.05, 4.69) is 330 Å². The molecular weight excluding hydrogens is 1040 g/mol. The van der Waals surface area contributed by atoms with Gasteiger partial charge in [-0.25, -0.2) is 0 Å². The molecule has 14 aromatic rings.